The number of rotatable bonds is 2. The maximum atomic E-state index is 11.5. The standard InChI is InChI=1S/C18H17NO/c1-12-4-5-16(14(3)8-12)17-10-15-9-13(2)6-7-19(15)18(17)11-20/h4-11H,1-3H3. The molecule has 3 aromatic rings. The van der Waals surface area contributed by atoms with Crippen LogP contribution in [0.1, 0.15) is 27.2 Å². The molecule has 1 aromatic carbocycles. The van der Waals surface area contributed by atoms with Gasteiger partial charge in [0.05, 0.1) is 5.69 Å². The van der Waals surface area contributed by atoms with E-state index >= 15 is 0 Å². The van der Waals surface area contributed by atoms with Crippen molar-refractivity contribution in [2.45, 2.75) is 20.8 Å². The minimum absolute atomic E-state index is 0.715. The molecule has 20 heavy (non-hydrogen) atoms. The highest BCUT2D eigenvalue weighted by Gasteiger charge is 2.13. The number of benzene rings is 1. The molecule has 0 radical (unpaired) electrons. The van der Waals surface area contributed by atoms with Crippen molar-refractivity contribution in [1.82, 2.24) is 4.40 Å². The summed E-state index contributed by atoms with van der Waals surface area (Å²) in [6.45, 7) is 6.23. The first-order valence-corrected chi connectivity index (χ1v) is 6.74. The van der Waals surface area contributed by atoms with Crippen LogP contribution in [-0.2, 0) is 0 Å². The van der Waals surface area contributed by atoms with E-state index < -0.39 is 0 Å². The van der Waals surface area contributed by atoms with Gasteiger partial charge in [0.1, 0.15) is 0 Å². The molecule has 2 nitrogen and oxygen atoms in total. The molecule has 0 aliphatic heterocycles. The number of carbonyl (C=O) groups is 1. The molecule has 2 aromatic heterocycles. The van der Waals surface area contributed by atoms with Crippen molar-refractivity contribution in [3.63, 3.8) is 0 Å². The second kappa shape index (κ2) is 4.64. The smallest absolute Gasteiger partial charge is 0.167 e. The zero-order valence-electron chi connectivity index (χ0n) is 12.0. The van der Waals surface area contributed by atoms with Crippen LogP contribution in [0.5, 0.6) is 0 Å². The Morgan fingerprint density at radius 1 is 0.900 bits per heavy atom. The molecular formula is C18H17NO. The van der Waals surface area contributed by atoms with Gasteiger partial charge in [-0.05, 0) is 55.7 Å². The highest BCUT2D eigenvalue weighted by molar-refractivity contribution is 5.90. The summed E-state index contributed by atoms with van der Waals surface area (Å²) in [4.78, 5) is 11.5. The van der Waals surface area contributed by atoms with Gasteiger partial charge in [0.15, 0.2) is 6.29 Å². The first kappa shape index (κ1) is 12.7. The van der Waals surface area contributed by atoms with Crippen molar-refractivity contribution in [3.05, 3.63) is 65.0 Å². The van der Waals surface area contributed by atoms with Crippen molar-refractivity contribution in [3.8, 4) is 11.1 Å². The second-order valence-electron chi connectivity index (χ2n) is 5.38. The molecular weight excluding hydrogens is 246 g/mol. The fourth-order valence-electron chi connectivity index (χ4n) is 2.76. The minimum atomic E-state index is 0.715. The van der Waals surface area contributed by atoms with Gasteiger partial charge in [-0.15, -0.1) is 0 Å². The normalized spacial score (nSPS) is 10.9. The molecule has 0 amide bonds. The Morgan fingerprint density at radius 2 is 1.65 bits per heavy atom. The molecule has 2 heterocycles. The SMILES string of the molecule is Cc1ccc(-c2cc3cc(C)ccn3c2C=O)c(C)c1. The Kier molecular flexibility index (Phi) is 2.94. The van der Waals surface area contributed by atoms with E-state index in [1.54, 1.807) is 0 Å². The van der Waals surface area contributed by atoms with E-state index in [1.165, 1.54) is 16.7 Å². The largest absolute Gasteiger partial charge is 0.314 e. The van der Waals surface area contributed by atoms with Gasteiger partial charge in [0.2, 0.25) is 0 Å². The third-order valence-electron chi connectivity index (χ3n) is 3.75. The van der Waals surface area contributed by atoms with Gasteiger partial charge in [0.25, 0.3) is 0 Å². The van der Waals surface area contributed by atoms with Crippen LogP contribution in [0.15, 0.2) is 42.6 Å². The molecule has 0 fully saturated rings. The molecule has 0 atom stereocenters. The number of hydrogen-bond donors (Lipinski definition) is 0. The molecule has 0 saturated heterocycles. The van der Waals surface area contributed by atoms with Gasteiger partial charge in [-0.2, -0.15) is 0 Å². The minimum Gasteiger partial charge on any atom is -0.314 e. The number of nitrogens with zero attached hydrogens (tertiary/aromatic N) is 1. The number of carbonyl (C=O) groups excluding carboxylic acids is 1. The quantitative estimate of drug-likeness (QED) is 0.630. The van der Waals surface area contributed by atoms with Crippen LogP contribution in [0, 0.1) is 20.8 Å². The van der Waals surface area contributed by atoms with Crippen molar-refractivity contribution in [2.75, 3.05) is 0 Å². The zero-order chi connectivity index (χ0) is 14.3. The highest BCUT2D eigenvalue weighted by Crippen LogP contribution is 2.30. The van der Waals surface area contributed by atoms with Crippen molar-refractivity contribution in [1.29, 1.82) is 0 Å². The summed E-state index contributed by atoms with van der Waals surface area (Å²) >= 11 is 0. The van der Waals surface area contributed by atoms with E-state index in [-0.39, 0.29) is 0 Å². The summed E-state index contributed by atoms with van der Waals surface area (Å²) in [6.07, 6.45) is 2.90. The molecule has 0 aliphatic carbocycles. The fraction of sp³-hybridized carbons (Fsp3) is 0.167. The Labute approximate surface area is 118 Å². The van der Waals surface area contributed by atoms with Crippen molar-refractivity contribution >= 4 is 11.8 Å². The van der Waals surface area contributed by atoms with Crippen molar-refractivity contribution in [2.24, 2.45) is 0 Å². The van der Waals surface area contributed by atoms with Gasteiger partial charge in [0, 0.05) is 17.3 Å². The highest BCUT2D eigenvalue weighted by atomic mass is 16.1. The van der Waals surface area contributed by atoms with Crippen LogP contribution >= 0.6 is 0 Å². The van der Waals surface area contributed by atoms with E-state index in [9.17, 15) is 4.79 Å². The van der Waals surface area contributed by atoms with Gasteiger partial charge in [-0.1, -0.05) is 23.8 Å². The average molecular weight is 263 g/mol. The fourth-order valence-corrected chi connectivity index (χ4v) is 2.76. The Hall–Kier alpha value is -2.35. The van der Waals surface area contributed by atoms with Gasteiger partial charge in [-0.25, -0.2) is 0 Å². The maximum absolute atomic E-state index is 11.5. The van der Waals surface area contributed by atoms with E-state index in [1.807, 2.05) is 16.7 Å². The maximum Gasteiger partial charge on any atom is 0.167 e. The van der Waals surface area contributed by atoms with Gasteiger partial charge in [-0.3, -0.25) is 4.79 Å². The molecule has 100 valence electrons. The summed E-state index contributed by atoms with van der Waals surface area (Å²) in [6, 6.07) is 12.5. The lowest BCUT2D eigenvalue weighted by Gasteiger charge is -2.06. The summed E-state index contributed by atoms with van der Waals surface area (Å²) in [7, 11) is 0. The number of fused-ring (bicyclic) bond motifs is 1. The Morgan fingerprint density at radius 3 is 2.35 bits per heavy atom. The summed E-state index contributed by atoms with van der Waals surface area (Å²) in [5, 5.41) is 0. The van der Waals surface area contributed by atoms with Crippen LogP contribution in [0.25, 0.3) is 16.6 Å². The Bertz CT molecular complexity index is 812. The topological polar surface area (TPSA) is 21.5 Å². The third-order valence-corrected chi connectivity index (χ3v) is 3.75. The van der Waals surface area contributed by atoms with E-state index in [4.69, 9.17) is 0 Å². The molecule has 0 N–H and O–H groups in total. The molecule has 0 bridgehead atoms. The van der Waals surface area contributed by atoms with Crippen LogP contribution in [0.2, 0.25) is 0 Å². The first-order valence-electron chi connectivity index (χ1n) is 6.74. The predicted octanol–water partition coefficient (Wildman–Crippen LogP) is 4.34. The number of hydrogen-bond acceptors (Lipinski definition) is 1. The molecule has 2 heteroatoms. The zero-order valence-corrected chi connectivity index (χ0v) is 12.0. The van der Waals surface area contributed by atoms with E-state index in [2.05, 4.69) is 51.1 Å². The van der Waals surface area contributed by atoms with Crippen LogP contribution in [-0.4, -0.2) is 10.7 Å². The molecule has 0 aliphatic rings. The molecule has 0 saturated carbocycles. The van der Waals surface area contributed by atoms with Crippen LogP contribution in [0.3, 0.4) is 0 Å². The number of aromatic nitrogens is 1. The average Bonchev–Trinajstić information content (AvgIpc) is 2.75. The van der Waals surface area contributed by atoms with Gasteiger partial charge >= 0.3 is 0 Å². The lowest BCUT2D eigenvalue weighted by atomic mass is 9.99. The monoisotopic (exact) mass is 263 g/mol. The van der Waals surface area contributed by atoms with E-state index in [0.29, 0.717) is 5.69 Å². The third kappa shape index (κ3) is 1.94. The van der Waals surface area contributed by atoms with Crippen LogP contribution in [0.4, 0.5) is 0 Å². The van der Waals surface area contributed by atoms with Crippen LogP contribution < -0.4 is 0 Å². The summed E-state index contributed by atoms with van der Waals surface area (Å²) in [5.74, 6) is 0. The van der Waals surface area contributed by atoms with Crippen molar-refractivity contribution < 1.29 is 4.79 Å². The predicted molar refractivity (Wildman–Crippen MR) is 82.4 cm³/mol. The summed E-state index contributed by atoms with van der Waals surface area (Å²) in [5.41, 5.74) is 7.52. The lowest BCUT2D eigenvalue weighted by Crippen LogP contribution is -1.93. The number of pyridine rings is 1. The number of aldehydes is 1. The Balaban J connectivity index is 2.32. The van der Waals surface area contributed by atoms with Gasteiger partial charge < -0.3 is 4.40 Å². The lowest BCUT2D eigenvalue weighted by molar-refractivity contribution is 0.111. The van der Waals surface area contributed by atoms with E-state index in [0.717, 1.165) is 22.9 Å². The number of aryl methyl sites for hydroxylation is 3. The summed E-state index contributed by atoms with van der Waals surface area (Å²) < 4.78 is 1.95. The second-order valence-corrected chi connectivity index (χ2v) is 5.38. The molecule has 3 rings (SSSR count). The first-order chi connectivity index (χ1) is 9.60. The molecule has 0 unspecified atom stereocenters. The molecule has 0 spiro atoms.